The van der Waals surface area contributed by atoms with Gasteiger partial charge in [-0.25, -0.2) is 0 Å². The Morgan fingerprint density at radius 1 is 1.55 bits per heavy atom. The van der Waals surface area contributed by atoms with Crippen LogP contribution < -0.4 is 5.32 Å². The fourth-order valence-corrected chi connectivity index (χ4v) is 3.86. The van der Waals surface area contributed by atoms with E-state index in [2.05, 4.69) is 17.6 Å². The van der Waals surface area contributed by atoms with Crippen molar-refractivity contribution in [1.29, 1.82) is 0 Å². The number of hydrogen-bond acceptors (Lipinski definition) is 5. The maximum Gasteiger partial charge on any atom is 0.315 e. The molecule has 0 bridgehead atoms. The van der Waals surface area contributed by atoms with Crippen molar-refractivity contribution in [2.24, 2.45) is 0 Å². The third-order valence-electron chi connectivity index (χ3n) is 3.75. The van der Waals surface area contributed by atoms with Crippen LogP contribution in [0.5, 0.6) is 5.75 Å². The maximum absolute atomic E-state index is 12.0. The van der Waals surface area contributed by atoms with Crippen molar-refractivity contribution < 1.29 is 14.6 Å². The van der Waals surface area contributed by atoms with Crippen LogP contribution in [0.3, 0.4) is 0 Å². The first-order chi connectivity index (χ1) is 9.67. The normalized spacial score (nSPS) is 17.0. The van der Waals surface area contributed by atoms with Crippen molar-refractivity contribution in [2.75, 3.05) is 18.5 Å². The Morgan fingerprint density at radius 3 is 3.05 bits per heavy atom. The van der Waals surface area contributed by atoms with Crippen molar-refractivity contribution in [3.8, 4) is 5.75 Å². The summed E-state index contributed by atoms with van der Waals surface area (Å²) in [6.45, 7) is 4.69. The molecule has 2 N–H and O–H groups in total. The highest BCUT2D eigenvalue weighted by molar-refractivity contribution is 7.17. The number of phenolic OH excluding ortho intramolecular Hbond substituents is 1. The standard InChI is InChI=1S/C15H17NO3S/c1-3-8-7-20-11-5-10-13(14(17)12(8)11)9(6-16-10)15(18)19-4-2/h5,7,9,16-17H,3-4,6H2,1-2H3. The number of rotatable bonds is 3. The summed E-state index contributed by atoms with van der Waals surface area (Å²) in [6, 6.07) is 2.02. The van der Waals surface area contributed by atoms with E-state index >= 15 is 0 Å². The van der Waals surface area contributed by atoms with E-state index in [-0.39, 0.29) is 11.7 Å². The van der Waals surface area contributed by atoms with Crippen molar-refractivity contribution in [3.05, 3.63) is 22.6 Å². The van der Waals surface area contributed by atoms with E-state index in [1.54, 1.807) is 18.3 Å². The zero-order valence-electron chi connectivity index (χ0n) is 11.5. The van der Waals surface area contributed by atoms with Gasteiger partial charge in [-0.05, 0) is 30.4 Å². The molecule has 0 fully saturated rings. The number of aryl methyl sites for hydroxylation is 1. The number of thiophene rings is 1. The Labute approximate surface area is 121 Å². The average molecular weight is 291 g/mol. The summed E-state index contributed by atoms with van der Waals surface area (Å²) < 4.78 is 6.15. The number of fused-ring (bicyclic) bond motifs is 2. The molecule has 0 saturated heterocycles. The number of esters is 1. The molecule has 0 aliphatic carbocycles. The summed E-state index contributed by atoms with van der Waals surface area (Å²) in [5, 5.41) is 16.8. The largest absolute Gasteiger partial charge is 0.507 e. The monoisotopic (exact) mass is 291 g/mol. The Kier molecular flexibility index (Phi) is 3.30. The molecule has 20 heavy (non-hydrogen) atoms. The number of benzene rings is 1. The third kappa shape index (κ3) is 1.85. The van der Waals surface area contributed by atoms with Crippen LogP contribution in [0.4, 0.5) is 5.69 Å². The number of anilines is 1. The average Bonchev–Trinajstić information content (AvgIpc) is 3.03. The zero-order chi connectivity index (χ0) is 14.3. The first-order valence-electron chi connectivity index (χ1n) is 6.83. The quantitative estimate of drug-likeness (QED) is 0.852. The number of hydrogen-bond donors (Lipinski definition) is 2. The van der Waals surface area contributed by atoms with Gasteiger partial charge in [0.15, 0.2) is 0 Å². The highest BCUT2D eigenvalue weighted by atomic mass is 32.1. The molecule has 3 rings (SSSR count). The predicted octanol–water partition coefficient (Wildman–Crippen LogP) is 3.24. The molecule has 5 heteroatoms. The smallest absolute Gasteiger partial charge is 0.315 e. The highest BCUT2D eigenvalue weighted by Crippen LogP contribution is 2.46. The second-order valence-corrected chi connectivity index (χ2v) is 5.77. The van der Waals surface area contributed by atoms with Gasteiger partial charge in [0.25, 0.3) is 0 Å². The van der Waals surface area contributed by atoms with E-state index in [0.717, 1.165) is 27.8 Å². The molecule has 1 aliphatic rings. The summed E-state index contributed by atoms with van der Waals surface area (Å²) in [4.78, 5) is 12.0. The van der Waals surface area contributed by atoms with Crippen LogP contribution in [0.1, 0.15) is 30.9 Å². The van der Waals surface area contributed by atoms with Crippen LogP contribution in [-0.2, 0) is 16.0 Å². The number of nitrogens with one attached hydrogen (secondary N) is 1. The van der Waals surface area contributed by atoms with Gasteiger partial charge in [0.2, 0.25) is 0 Å². The van der Waals surface area contributed by atoms with Crippen LogP contribution >= 0.6 is 11.3 Å². The van der Waals surface area contributed by atoms with Gasteiger partial charge in [-0.2, -0.15) is 0 Å². The SMILES string of the molecule is CCOC(=O)C1CNc2cc3scc(CC)c3c(O)c21. The van der Waals surface area contributed by atoms with Gasteiger partial charge in [-0.15, -0.1) is 11.3 Å². The lowest BCUT2D eigenvalue weighted by molar-refractivity contribution is -0.144. The summed E-state index contributed by atoms with van der Waals surface area (Å²) in [5.41, 5.74) is 2.65. The van der Waals surface area contributed by atoms with E-state index in [1.165, 1.54) is 0 Å². The predicted molar refractivity (Wildman–Crippen MR) is 80.7 cm³/mol. The van der Waals surface area contributed by atoms with E-state index < -0.39 is 5.92 Å². The maximum atomic E-state index is 12.0. The van der Waals surface area contributed by atoms with Gasteiger partial charge in [0.1, 0.15) is 11.7 Å². The first-order valence-corrected chi connectivity index (χ1v) is 7.71. The first kappa shape index (κ1) is 13.2. The summed E-state index contributed by atoms with van der Waals surface area (Å²) in [7, 11) is 0. The number of ether oxygens (including phenoxy) is 1. The molecular formula is C15H17NO3S. The zero-order valence-corrected chi connectivity index (χ0v) is 12.3. The lowest BCUT2D eigenvalue weighted by Crippen LogP contribution is -2.17. The van der Waals surface area contributed by atoms with Gasteiger partial charge in [-0.1, -0.05) is 6.92 Å². The third-order valence-corrected chi connectivity index (χ3v) is 4.73. The second kappa shape index (κ2) is 4.98. The molecule has 106 valence electrons. The molecule has 1 aromatic heterocycles. The minimum Gasteiger partial charge on any atom is -0.507 e. The van der Waals surface area contributed by atoms with Gasteiger partial charge >= 0.3 is 5.97 Å². The van der Waals surface area contributed by atoms with E-state index in [1.807, 2.05) is 6.07 Å². The van der Waals surface area contributed by atoms with Gasteiger partial charge in [0.05, 0.1) is 6.61 Å². The lowest BCUT2D eigenvalue weighted by Gasteiger charge is -2.12. The number of phenols is 1. The van der Waals surface area contributed by atoms with Crippen molar-refractivity contribution in [2.45, 2.75) is 26.2 Å². The van der Waals surface area contributed by atoms with Crippen molar-refractivity contribution in [3.63, 3.8) is 0 Å². The Hall–Kier alpha value is -1.75. The van der Waals surface area contributed by atoms with Crippen LogP contribution in [-0.4, -0.2) is 24.2 Å². The number of aromatic hydroxyl groups is 1. The molecule has 1 atom stereocenters. The minimum atomic E-state index is -0.418. The van der Waals surface area contributed by atoms with Crippen LogP contribution in [0.15, 0.2) is 11.4 Å². The molecule has 1 aromatic carbocycles. The fraction of sp³-hybridized carbons (Fsp3) is 0.400. The van der Waals surface area contributed by atoms with Crippen LogP contribution in [0.25, 0.3) is 10.1 Å². The Bertz CT molecular complexity index is 677. The van der Waals surface area contributed by atoms with Crippen molar-refractivity contribution >= 4 is 33.1 Å². The molecule has 2 heterocycles. The molecule has 0 amide bonds. The van der Waals surface area contributed by atoms with Gasteiger partial charge in [-0.3, -0.25) is 4.79 Å². The van der Waals surface area contributed by atoms with E-state index in [0.29, 0.717) is 18.7 Å². The van der Waals surface area contributed by atoms with Crippen LogP contribution in [0.2, 0.25) is 0 Å². The molecular weight excluding hydrogens is 274 g/mol. The molecule has 0 saturated carbocycles. The summed E-state index contributed by atoms with van der Waals surface area (Å²) in [5.74, 6) is -0.459. The Morgan fingerprint density at radius 2 is 2.35 bits per heavy atom. The topological polar surface area (TPSA) is 58.6 Å². The lowest BCUT2D eigenvalue weighted by atomic mass is 9.97. The molecule has 0 spiro atoms. The molecule has 1 unspecified atom stereocenters. The molecule has 1 aliphatic heterocycles. The van der Waals surface area contributed by atoms with E-state index in [4.69, 9.17) is 4.74 Å². The summed E-state index contributed by atoms with van der Waals surface area (Å²) >= 11 is 1.62. The molecule has 2 aromatic rings. The van der Waals surface area contributed by atoms with Crippen molar-refractivity contribution in [1.82, 2.24) is 0 Å². The Balaban J connectivity index is 2.16. The highest BCUT2D eigenvalue weighted by Gasteiger charge is 2.34. The second-order valence-electron chi connectivity index (χ2n) is 4.86. The van der Waals surface area contributed by atoms with Gasteiger partial charge in [0, 0.05) is 27.9 Å². The van der Waals surface area contributed by atoms with E-state index in [9.17, 15) is 9.90 Å². The summed E-state index contributed by atoms with van der Waals surface area (Å²) in [6.07, 6.45) is 0.865. The van der Waals surface area contributed by atoms with Crippen LogP contribution in [0, 0.1) is 0 Å². The number of carbonyl (C=O) groups excluding carboxylic acids is 1. The fourth-order valence-electron chi connectivity index (χ4n) is 2.77. The molecule has 4 nitrogen and oxygen atoms in total. The number of carbonyl (C=O) groups is 1. The van der Waals surface area contributed by atoms with Gasteiger partial charge < -0.3 is 15.2 Å². The minimum absolute atomic E-state index is 0.235. The molecule has 0 radical (unpaired) electrons.